The highest BCUT2D eigenvalue weighted by atomic mass is 32.1. The number of primary amides is 1. The largest absolute Gasteiger partial charge is 0.366 e. The zero-order valence-electron chi connectivity index (χ0n) is 15.5. The molecule has 1 amide bonds. The Morgan fingerprint density at radius 3 is 2.54 bits per heavy atom. The van der Waals surface area contributed by atoms with Gasteiger partial charge in [-0.25, -0.2) is 4.98 Å². The van der Waals surface area contributed by atoms with Gasteiger partial charge in [0.05, 0.1) is 10.7 Å². The van der Waals surface area contributed by atoms with E-state index >= 15 is 0 Å². The van der Waals surface area contributed by atoms with Crippen LogP contribution in [0.1, 0.15) is 18.4 Å². The zero-order valence-corrected chi connectivity index (χ0v) is 16.4. The topological polar surface area (TPSA) is 110 Å². The maximum Gasteiger partial charge on any atom is 0.244 e. The minimum Gasteiger partial charge on any atom is -0.366 e. The quantitative estimate of drug-likeness (QED) is 0.420. The predicted octanol–water partition coefficient (Wildman–Crippen LogP) is 1.89. The van der Waals surface area contributed by atoms with Gasteiger partial charge in [0, 0.05) is 49.9 Å². The maximum atomic E-state index is 10.9. The Bertz CT molecular complexity index is 871. The van der Waals surface area contributed by atoms with Crippen molar-refractivity contribution >= 4 is 29.9 Å². The lowest BCUT2D eigenvalue weighted by Crippen LogP contribution is -2.18. The number of carbonyl (C=O) groups is 1. The number of amides is 1. The lowest BCUT2D eigenvalue weighted by Gasteiger charge is -2.16. The molecular weight excluding hydrogens is 372 g/mol. The first-order valence-electron chi connectivity index (χ1n) is 9.10. The first kappa shape index (κ1) is 19.9. The monoisotopic (exact) mass is 396 g/mol. The van der Waals surface area contributed by atoms with Crippen molar-refractivity contribution in [3.05, 3.63) is 59.5 Å². The van der Waals surface area contributed by atoms with Crippen LogP contribution in [0.15, 0.2) is 54.0 Å². The molecule has 3 heterocycles. The van der Waals surface area contributed by atoms with Crippen LogP contribution in [0.2, 0.25) is 0 Å². The Labute approximate surface area is 169 Å². The van der Waals surface area contributed by atoms with Gasteiger partial charge in [0.1, 0.15) is 5.82 Å². The molecule has 0 bridgehead atoms. The molecule has 146 valence electrons. The van der Waals surface area contributed by atoms with Crippen LogP contribution in [-0.2, 0) is 4.79 Å². The van der Waals surface area contributed by atoms with E-state index in [9.17, 15) is 4.79 Å². The first-order valence-corrected chi connectivity index (χ1v) is 9.55. The summed E-state index contributed by atoms with van der Waals surface area (Å²) < 4.78 is 0. The third kappa shape index (κ3) is 5.11. The molecule has 1 fully saturated rings. The molecule has 2 aromatic heterocycles. The van der Waals surface area contributed by atoms with E-state index in [0.29, 0.717) is 11.6 Å². The number of nitrogens with zero attached hydrogens (tertiary/aromatic N) is 3. The van der Waals surface area contributed by atoms with E-state index in [-0.39, 0.29) is 0 Å². The van der Waals surface area contributed by atoms with Gasteiger partial charge in [0.15, 0.2) is 0 Å². The molecule has 1 saturated heterocycles. The number of aromatic nitrogens is 2. The summed E-state index contributed by atoms with van der Waals surface area (Å²) in [6, 6.07) is 7.98. The summed E-state index contributed by atoms with van der Waals surface area (Å²) in [5.74, 6) is 0.444. The highest BCUT2D eigenvalue weighted by molar-refractivity contribution is 7.84. The molecule has 0 unspecified atom stereocenters. The van der Waals surface area contributed by atoms with Crippen LogP contribution in [0.25, 0.3) is 16.8 Å². The highest BCUT2D eigenvalue weighted by Crippen LogP contribution is 2.23. The fourth-order valence-electron chi connectivity index (χ4n) is 3.02. The van der Waals surface area contributed by atoms with E-state index in [1.165, 1.54) is 18.9 Å². The first-order chi connectivity index (χ1) is 13.6. The minimum atomic E-state index is -0.574. The van der Waals surface area contributed by atoms with E-state index < -0.39 is 5.91 Å². The Kier molecular flexibility index (Phi) is 6.67. The standard InChI is InChI=1S/C20H24N6OS/c21-10-16(13-25-20(28)9-18(22)27)14-3-5-17(23-11-14)15-4-6-19(24-12-15)26-7-1-2-8-26/h3-6,9,11-13,25,28H,1-2,7-8,10,21H2,(H2,22,27)/b16-13+,20-9-. The number of hydrogen-bond donors (Lipinski definition) is 4. The molecule has 5 N–H and O–H groups in total. The second kappa shape index (κ2) is 9.38. The number of pyridine rings is 2. The van der Waals surface area contributed by atoms with Gasteiger partial charge >= 0.3 is 0 Å². The molecule has 0 saturated carbocycles. The van der Waals surface area contributed by atoms with E-state index in [4.69, 9.17) is 11.5 Å². The number of thiol groups is 1. The van der Waals surface area contributed by atoms with Gasteiger partial charge in [0.25, 0.3) is 0 Å². The van der Waals surface area contributed by atoms with Crippen LogP contribution in [0.4, 0.5) is 5.82 Å². The maximum absolute atomic E-state index is 10.9. The summed E-state index contributed by atoms with van der Waals surface area (Å²) in [6.45, 7) is 2.45. The molecule has 1 aliphatic rings. The number of carbonyl (C=O) groups excluding carboxylic acids is 1. The average molecular weight is 397 g/mol. The molecule has 2 aromatic rings. The number of rotatable bonds is 7. The SMILES string of the molecule is NC/C(=C\N/C(S)=C/C(N)=O)c1ccc(-c2ccc(N3CCCC3)nc2)nc1. The molecule has 0 aliphatic carbocycles. The van der Waals surface area contributed by atoms with Crippen LogP contribution >= 0.6 is 12.6 Å². The summed E-state index contributed by atoms with van der Waals surface area (Å²) in [4.78, 5) is 22.3. The molecule has 8 heteroatoms. The zero-order chi connectivity index (χ0) is 19.9. The second-order valence-electron chi connectivity index (χ2n) is 6.48. The van der Waals surface area contributed by atoms with Gasteiger partial charge in [-0.1, -0.05) is 6.07 Å². The summed E-state index contributed by atoms with van der Waals surface area (Å²) >= 11 is 4.14. The molecular formula is C20H24N6OS. The van der Waals surface area contributed by atoms with Gasteiger partial charge in [-0.2, -0.15) is 0 Å². The van der Waals surface area contributed by atoms with Crippen LogP contribution < -0.4 is 21.7 Å². The van der Waals surface area contributed by atoms with Crippen molar-refractivity contribution in [3.8, 4) is 11.3 Å². The summed E-state index contributed by atoms with van der Waals surface area (Å²) in [7, 11) is 0. The third-order valence-electron chi connectivity index (χ3n) is 4.50. The molecule has 0 aromatic carbocycles. The van der Waals surface area contributed by atoms with E-state index in [2.05, 4.69) is 32.8 Å². The number of anilines is 1. The van der Waals surface area contributed by atoms with Gasteiger partial charge in [-0.15, -0.1) is 12.6 Å². The smallest absolute Gasteiger partial charge is 0.244 e. The second-order valence-corrected chi connectivity index (χ2v) is 6.96. The van der Waals surface area contributed by atoms with Crippen molar-refractivity contribution in [2.45, 2.75) is 12.8 Å². The molecule has 0 radical (unpaired) electrons. The van der Waals surface area contributed by atoms with Crippen LogP contribution in [0, 0.1) is 0 Å². The van der Waals surface area contributed by atoms with Gasteiger partial charge in [-0.05, 0) is 42.2 Å². The molecule has 0 atom stereocenters. The van der Waals surface area contributed by atoms with Crippen molar-refractivity contribution < 1.29 is 4.79 Å². The molecule has 1 aliphatic heterocycles. The average Bonchev–Trinajstić information content (AvgIpc) is 3.23. The number of nitrogens with two attached hydrogens (primary N) is 2. The third-order valence-corrected chi connectivity index (χ3v) is 4.76. The number of nitrogens with one attached hydrogen (secondary N) is 1. The fourth-order valence-corrected chi connectivity index (χ4v) is 3.21. The Morgan fingerprint density at radius 2 is 1.96 bits per heavy atom. The Morgan fingerprint density at radius 1 is 1.18 bits per heavy atom. The van der Waals surface area contributed by atoms with Crippen LogP contribution in [-0.4, -0.2) is 35.5 Å². The lowest BCUT2D eigenvalue weighted by atomic mass is 10.1. The molecule has 28 heavy (non-hydrogen) atoms. The summed E-state index contributed by atoms with van der Waals surface area (Å²) in [5, 5.41) is 3.22. The summed E-state index contributed by atoms with van der Waals surface area (Å²) in [6.07, 6.45) is 8.95. The van der Waals surface area contributed by atoms with Crippen molar-refractivity contribution in [2.24, 2.45) is 11.5 Å². The summed E-state index contributed by atoms with van der Waals surface area (Å²) in [5.41, 5.74) is 14.4. The lowest BCUT2D eigenvalue weighted by molar-refractivity contribution is -0.113. The van der Waals surface area contributed by atoms with E-state index in [0.717, 1.165) is 41.3 Å². The molecule has 0 spiro atoms. The molecule has 7 nitrogen and oxygen atoms in total. The van der Waals surface area contributed by atoms with Crippen molar-refractivity contribution in [3.63, 3.8) is 0 Å². The fraction of sp³-hybridized carbons (Fsp3) is 0.250. The minimum absolute atomic E-state index is 0.303. The van der Waals surface area contributed by atoms with Gasteiger partial charge in [0.2, 0.25) is 5.91 Å². The van der Waals surface area contributed by atoms with E-state index in [1.54, 1.807) is 12.4 Å². The van der Waals surface area contributed by atoms with Crippen molar-refractivity contribution in [1.82, 2.24) is 15.3 Å². The number of hydrogen-bond acceptors (Lipinski definition) is 7. The molecule has 3 rings (SSSR count). The van der Waals surface area contributed by atoms with Gasteiger partial charge < -0.3 is 21.7 Å². The van der Waals surface area contributed by atoms with Crippen LogP contribution in [0.3, 0.4) is 0 Å². The van der Waals surface area contributed by atoms with E-state index in [1.807, 2.05) is 30.5 Å². The van der Waals surface area contributed by atoms with Crippen molar-refractivity contribution in [2.75, 3.05) is 24.5 Å². The van der Waals surface area contributed by atoms with Gasteiger partial charge in [-0.3, -0.25) is 9.78 Å². The Balaban J connectivity index is 1.72. The predicted molar refractivity (Wildman–Crippen MR) is 115 cm³/mol. The Hall–Kier alpha value is -2.84. The normalized spacial score (nSPS) is 15.0. The highest BCUT2D eigenvalue weighted by Gasteiger charge is 2.13. The van der Waals surface area contributed by atoms with Crippen molar-refractivity contribution in [1.29, 1.82) is 0 Å². The van der Waals surface area contributed by atoms with Crippen LogP contribution in [0.5, 0.6) is 0 Å².